The lowest BCUT2D eigenvalue weighted by molar-refractivity contribution is -0.120. The van der Waals surface area contributed by atoms with E-state index in [2.05, 4.69) is 5.32 Å². The zero-order chi connectivity index (χ0) is 16.8. The van der Waals surface area contributed by atoms with Gasteiger partial charge in [-0.2, -0.15) is 0 Å². The van der Waals surface area contributed by atoms with Gasteiger partial charge < -0.3 is 10.5 Å². The van der Waals surface area contributed by atoms with Crippen LogP contribution in [0, 0.1) is 0 Å². The van der Waals surface area contributed by atoms with Crippen LogP contribution in [0.3, 0.4) is 0 Å². The lowest BCUT2D eigenvalue weighted by Crippen LogP contribution is -2.33. The zero-order valence-corrected chi connectivity index (χ0v) is 13.8. The molecule has 0 aliphatic heterocycles. The first kappa shape index (κ1) is 16.5. The molecule has 0 heterocycles. The highest BCUT2D eigenvalue weighted by Gasteiger charge is 2.20. The van der Waals surface area contributed by atoms with E-state index in [0.29, 0.717) is 12.6 Å². The number of nitrogens with one attached hydrogen (secondary N) is 1. The van der Waals surface area contributed by atoms with Crippen LogP contribution in [0.1, 0.15) is 42.9 Å². The second-order valence-electron chi connectivity index (χ2n) is 6.26. The van der Waals surface area contributed by atoms with E-state index in [1.165, 1.54) is 12.8 Å². The summed E-state index contributed by atoms with van der Waals surface area (Å²) in [7, 11) is 0. The van der Waals surface area contributed by atoms with Crippen LogP contribution in [-0.2, 0) is 11.3 Å². The molecule has 3 rings (SSSR count). The number of benzene rings is 2. The van der Waals surface area contributed by atoms with Gasteiger partial charge >= 0.3 is 0 Å². The second kappa shape index (κ2) is 7.97. The molecule has 3 N–H and O–H groups in total. The Labute approximate surface area is 143 Å². The number of hydrogen-bond donors (Lipinski definition) is 2. The average Bonchev–Trinajstić information content (AvgIpc) is 3.10. The van der Waals surface area contributed by atoms with Gasteiger partial charge in [-0.05, 0) is 37.3 Å². The molecule has 0 aromatic heterocycles. The van der Waals surface area contributed by atoms with Gasteiger partial charge in [-0.15, -0.1) is 0 Å². The lowest BCUT2D eigenvalue weighted by Gasteiger charge is -2.19. The Hall–Kier alpha value is -2.33. The highest BCUT2D eigenvalue weighted by molar-refractivity contribution is 5.81. The number of para-hydroxylation sites is 1. The van der Waals surface area contributed by atoms with E-state index in [9.17, 15) is 4.79 Å². The maximum Gasteiger partial charge on any atom is 0.239 e. The summed E-state index contributed by atoms with van der Waals surface area (Å²) in [6.07, 6.45) is 5.03. The molecule has 1 atom stereocenters. The molecular formula is C20H24N2O2. The lowest BCUT2D eigenvalue weighted by atomic mass is 10.1. The predicted molar refractivity (Wildman–Crippen MR) is 94.5 cm³/mol. The van der Waals surface area contributed by atoms with Gasteiger partial charge in [-0.25, -0.2) is 0 Å². The van der Waals surface area contributed by atoms with Gasteiger partial charge in [0, 0.05) is 12.1 Å². The number of primary amides is 1. The monoisotopic (exact) mass is 324 g/mol. The molecule has 1 amide bonds. The van der Waals surface area contributed by atoms with Crippen LogP contribution >= 0.6 is 0 Å². The first-order valence-corrected chi connectivity index (χ1v) is 8.56. The van der Waals surface area contributed by atoms with Crippen molar-refractivity contribution in [2.75, 3.05) is 0 Å². The number of nitrogens with two attached hydrogens (primary N) is 1. The summed E-state index contributed by atoms with van der Waals surface area (Å²) < 4.78 is 6.15. The van der Waals surface area contributed by atoms with Crippen molar-refractivity contribution < 1.29 is 9.53 Å². The van der Waals surface area contributed by atoms with Crippen molar-refractivity contribution in [3.8, 4) is 5.75 Å². The summed E-state index contributed by atoms with van der Waals surface area (Å²) in [6, 6.07) is 17.0. The van der Waals surface area contributed by atoms with Gasteiger partial charge in [-0.3, -0.25) is 10.1 Å². The first-order valence-electron chi connectivity index (χ1n) is 8.56. The van der Waals surface area contributed by atoms with Crippen LogP contribution < -0.4 is 15.8 Å². The smallest absolute Gasteiger partial charge is 0.239 e. The van der Waals surface area contributed by atoms with Gasteiger partial charge in [0.1, 0.15) is 11.8 Å². The standard InChI is InChI=1S/C20H24N2O2/c21-20(23)19(15-8-2-1-3-9-15)22-14-16-10-4-7-13-18(16)24-17-11-5-6-12-17/h1-4,7-10,13,17,19,22H,5-6,11-12,14H2,(H2,21,23). The van der Waals surface area contributed by atoms with Gasteiger partial charge in [0.2, 0.25) is 5.91 Å². The molecule has 0 saturated heterocycles. The van der Waals surface area contributed by atoms with Crippen molar-refractivity contribution in [3.63, 3.8) is 0 Å². The summed E-state index contributed by atoms with van der Waals surface area (Å²) in [6.45, 7) is 0.533. The number of carbonyl (C=O) groups is 1. The normalized spacial score (nSPS) is 16.0. The molecule has 1 unspecified atom stereocenters. The summed E-state index contributed by atoms with van der Waals surface area (Å²) in [5, 5.41) is 3.26. The summed E-state index contributed by atoms with van der Waals surface area (Å²) in [5.41, 5.74) is 7.49. The molecule has 24 heavy (non-hydrogen) atoms. The van der Waals surface area contributed by atoms with E-state index in [1.54, 1.807) is 0 Å². The minimum atomic E-state index is -0.509. The van der Waals surface area contributed by atoms with Crippen molar-refractivity contribution in [3.05, 3.63) is 65.7 Å². The maximum absolute atomic E-state index is 11.8. The zero-order valence-electron chi connectivity index (χ0n) is 13.8. The van der Waals surface area contributed by atoms with Crippen molar-refractivity contribution in [1.29, 1.82) is 0 Å². The Morgan fingerprint density at radius 1 is 1.08 bits per heavy atom. The van der Waals surface area contributed by atoms with E-state index in [0.717, 1.165) is 29.7 Å². The van der Waals surface area contributed by atoms with Crippen LogP contribution in [0.4, 0.5) is 0 Å². The summed E-state index contributed by atoms with van der Waals surface area (Å²) in [4.78, 5) is 11.8. The third-order valence-corrected chi connectivity index (χ3v) is 4.48. The number of hydrogen-bond acceptors (Lipinski definition) is 3. The summed E-state index contributed by atoms with van der Waals surface area (Å²) >= 11 is 0. The predicted octanol–water partition coefficient (Wildman–Crippen LogP) is 3.32. The molecule has 126 valence electrons. The molecular weight excluding hydrogens is 300 g/mol. The number of amides is 1. The molecule has 0 radical (unpaired) electrons. The molecule has 1 aliphatic rings. The van der Waals surface area contributed by atoms with Gasteiger partial charge in [0.15, 0.2) is 0 Å². The molecule has 0 bridgehead atoms. The van der Waals surface area contributed by atoms with Crippen molar-refractivity contribution in [2.24, 2.45) is 5.73 Å². The number of rotatable bonds is 7. The van der Waals surface area contributed by atoms with Crippen LogP contribution in [0.5, 0.6) is 5.75 Å². The molecule has 4 nitrogen and oxygen atoms in total. The van der Waals surface area contributed by atoms with E-state index < -0.39 is 6.04 Å². The molecule has 1 aliphatic carbocycles. The topological polar surface area (TPSA) is 64.4 Å². The second-order valence-corrected chi connectivity index (χ2v) is 6.26. The van der Waals surface area contributed by atoms with Gasteiger partial charge in [0.05, 0.1) is 6.10 Å². The Kier molecular flexibility index (Phi) is 5.49. The third kappa shape index (κ3) is 4.15. The molecule has 4 heteroatoms. The Balaban J connectivity index is 1.69. The van der Waals surface area contributed by atoms with Crippen LogP contribution in [0.25, 0.3) is 0 Å². The van der Waals surface area contributed by atoms with E-state index in [4.69, 9.17) is 10.5 Å². The maximum atomic E-state index is 11.8. The van der Waals surface area contributed by atoms with Crippen LogP contribution in [-0.4, -0.2) is 12.0 Å². The average molecular weight is 324 g/mol. The molecule has 1 saturated carbocycles. The van der Waals surface area contributed by atoms with Crippen molar-refractivity contribution in [1.82, 2.24) is 5.32 Å². The van der Waals surface area contributed by atoms with E-state index in [1.807, 2.05) is 54.6 Å². The quantitative estimate of drug-likeness (QED) is 0.821. The molecule has 2 aromatic carbocycles. The third-order valence-electron chi connectivity index (χ3n) is 4.48. The minimum Gasteiger partial charge on any atom is -0.490 e. The van der Waals surface area contributed by atoms with Crippen LogP contribution in [0.2, 0.25) is 0 Å². The minimum absolute atomic E-state index is 0.312. The molecule has 1 fully saturated rings. The first-order chi connectivity index (χ1) is 11.7. The summed E-state index contributed by atoms with van der Waals surface area (Å²) in [5.74, 6) is 0.517. The SMILES string of the molecule is NC(=O)C(NCc1ccccc1OC1CCCC1)c1ccccc1. The Bertz CT molecular complexity index is 666. The van der Waals surface area contributed by atoms with E-state index in [-0.39, 0.29) is 5.91 Å². The number of ether oxygens (including phenoxy) is 1. The molecule has 0 spiro atoms. The van der Waals surface area contributed by atoms with Gasteiger partial charge in [-0.1, -0.05) is 48.5 Å². The van der Waals surface area contributed by atoms with Crippen molar-refractivity contribution >= 4 is 5.91 Å². The fraction of sp³-hybridized carbons (Fsp3) is 0.350. The Morgan fingerprint density at radius 2 is 1.75 bits per heavy atom. The van der Waals surface area contributed by atoms with Gasteiger partial charge in [0.25, 0.3) is 0 Å². The number of carbonyl (C=O) groups excluding carboxylic acids is 1. The van der Waals surface area contributed by atoms with Crippen molar-refractivity contribution in [2.45, 2.75) is 44.4 Å². The highest BCUT2D eigenvalue weighted by atomic mass is 16.5. The largest absolute Gasteiger partial charge is 0.490 e. The van der Waals surface area contributed by atoms with Crippen LogP contribution in [0.15, 0.2) is 54.6 Å². The fourth-order valence-electron chi connectivity index (χ4n) is 3.19. The Morgan fingerprint density at radius 3 is 2.46 bits per heavy atom. The van der Waals surface area contributed by atoms with E-state index >= 15 is 0 Å². The molecule has 2 aromatic rings. The highest BCUT2D eigenvalue weighted by Crippen LogP contribution is 2.27. The fourth-order valence-corrected chi connectivity index (χ4v) is 3.19.